The first kappa shape index (κ1) is 28.5. The van der Waals surface area contributed by atoms with Crippen LogP contribution in [0.3, 0.4) is 0 Å². The normalized spacial score (nSPS) is 14.6. The molecule has 0 saturated carbocycles. The Bertz CT molecular complexity index is 990. The van der Waals surface area contributed by atoms with Gasteiger partial charge in [0.05, 0.1) is 18.7 Å². The van der Waals surface area contributed by atoms with E-state index in [1.807, 2.05) is 13.8 Å². The van der Waals surface area contributed by atoms with Crippen molar-refractivity contribution in [2.45, 2.75) is 71.1 Å². The fourth-order valence-electron chi connectivity index (χ4n) is 3.57. The molecule has 0 aliphatic rings. The second-order valence-corrected chi connectivity index (χ2v) is 9.49. The number of carbonyl (C=O) groups excluding carboxylic acids is 3. The van der Waals surface area contributed by atoms with Crippen LogP contribution in [0.2, 0.25) is 0 Å². The van der Waals surface area contributed by atoms with Gasteiger partial charge in [-0.1, -0.05) is 27.7 Å². The Morgan fingerprint density at radius 2 is 1.42 bits per heavy atom. The number of imidazole rings is 2. The van der Waals surface area contributed by atoms with Crippen LogP contribution in [0.4, 0.5) is 0 Å². The highest BCUT2D eigenvalue weighted by molar-refractivity contribution is 5.94. The molecule has 2 aromatic rings. The summed E-state index contributed by atoms with van der Waals surface area (Å²) in [6, 6.07) is -4.08. The number of aliphatic carboxylic acids is 1. The molecule has 8 N–H and O–H groups in total. The number of carboxylic acid groups (broad SMARTS) is 1. The summed E-state index contributed by atoms with van der Waals surface area (Å²) < 4.78 is 0. The molecule has 4 atom stereocenters. The number of nitrogens with two attached hydrogens (primary N) is 1. The maximum atomic E-state index is 13.1. The van der Waals surface area contributed by atoms with Crippen molar-refractivity contribution in [2.24, 2.45) is 17.6 Å². The second kappa shape index (κ2) is 13.4. The van der Waals surface area contributed by atoms with Gasteiger partial charge in [0.1, 0.15) is 18.1 Å². The van der Waals surface area contributed by atoms with Gasteiger partial charge in [-0.25, -0.2) is 14.8 Å². The van der Waals surface area contributed by atoms with E-state index in [2.05, 4.69) is 35.9 Å². The molecule has 0 saturated heterocycles. The molecule has 0 aliphatic heterocycles. The van der Waals surface area contributed by atoms with E-state index in [1.54, 1.807) is 20.0 Å². The molecule has 13 nitrogen and oxygen atoms in total. The quantitative estimate of drug-likeness (QED) is 0.178. The van der Waals surface area contributed by atoms with Gasteiger partial charge in [-0.3, -0.25) is 14.4 Å². The smallest absolute Gasteiger partial charge is 0.326 e. The van der Waals surface area contributed by atoms with Crippen molar-refractivity contribution in [3.05, 3.63) is 36.4 Å². The summed E-state index contributed by atoms with van der Waals surface area (Å²) in [5.41, 5.74) is 7.22. The fourth-order valence-corrected chi connectivity index (χ4v) is 3.57. The maximum Gasteiger partial charge on any atom is 0.326 e. The monoisotopic (exact) mass is 504 g/mol. The SMILES string of the molecule is CC(C)CC(NC(=O)C(NC(=O)C(N)Cc1cnc[nH]1)C(C)C)C(=O)NC(Cc1cnc[nH]1)C(=O)O. The van der Waals surface area contributed by atoms with Gasteiger partial charge in [-0.15, -0.1) is 0 Å². The van der Waals surface area contributed by atoms with Gasteiger partial charge in [-0.2, -0.15) is 0 Å². The van der Waals surface area contributed by atoms with E-state index in [4.69, 9.17) is 5.73 Å². The lowest BCUT2D eigenvalue weighted by atomic mass is 9.99. The minimum Gasteiger partial charge on any atom is -0.480 e. The third-order valence-corrected chi connectivity index (χ3v) is 5.51. The van der Waals surface area contributed by atoms with Crippen molar-refractivity contribution >= 4 is 23.7 Å². The number of H-pyrrole nitrogens is 2. The zero-order chi connectivity index (χ0) is 26.8. The average Bonchev–Trinajstić information content (AvgIpc) is 3.49. The van der Waals surface area contributed by atoms with Gasteiger partial charge in [0, 0.05) is 36.6 Å². The molecule has 2 rings (SSSR count). The first-order chi connectivity index (χ1) is 17.0. The Morgan fingerprint density at radius 1 is 0.861 bits per heavy atom. The number of amides is 3. The van der Waals surface area contributed by atoms with E-state index in [0.29, 0.717) is 11.4 Å². The van der Waals surface area contributed by atoms with Gasteiger partial charge < -0.3 is 36.8 Å². The van der Waals surface area contributed by atoms with Crippen LogP contribution in [0.15, 0.2) is 25.0 Å². The summed E-state index contributed by atoms with van der Waals surface area (Å²) in [4.78, 5) is 64.0. The van der Waals surface area contributed by atoms with Crippen LogP contribution in [0, 0.1) is 11.8 Å². The number of hydrogen-bond donors (Lipinski definition) is 7. The van der Waals surface area contributed by atoms with E-state index in [0.717, 1.165) is 0 Å². The first-order valence-corrected chi connectivity index (χ1v) is 11.8. The van der Waals surface area contributed by atoms with Gasteiger partial charge in [0.2, 0.25) is 17.7 Å². The molecular formula is C23H36N8O5. The van der Waals surface area contributed by atoms with Crippen LogP contribution in [-0.2, 0) is 32.0 Å². The summed E-state index contributed by atoms with van der Waals surface area (Å²) >= 11 is 0. The summed E-state index contributed by atoms with van der Waals surface area (Å²) in [6.45, 7) is 7.27. The van der Waals surface area contributed by atoms with E-state index < -0.39 is 47.9 Å². The highest BCUT2D eigenvalue weighted by Gasteiger charge is 2.32. The van der Waals surface area contributed by atoms with Crippen molar-refractivity contribution in [3.8, 4) is 0 Å². The summed E-state index contributed by atoms with van der Waals surface area (Å²) in [5, 5.41) is 17.4. The third-order valence-electron chi connectivity index (χ3n) is 5.51. The lowest BCUT2D eigenvalue weighted by molar-refractivity contribution is -0.142. The topological polar surface area (TPSA) is 208 Å². The number of aromatic amines is 2. The predicted molar refractivity (Wildman–Crippen MR) is 130 cm³/mol. The van der Waals surface area contributed by atoms with Gasteiger partial charge in [-0.05, 0) is 18.3 Å². The molecule has 2 heterocycles. The Kier molecular flexibility index (Phi) is 10.6. The van der Waals surface area contributed by atoms with Crippen molar-refractivity contribution < 1.29 is 24.3 Å². The molecule has 0 bridgehead atoms. The largest absolute Gasteiger partial charge is 0.480 e. The highest BCUT2D eigenvalue weighted by atomic mass is 16.4. The molecule has 0 radical (unpaired) electrons. The van der Waals surface area contributed by atoms with Crippen LogP contribution < -0.4 is 21.7 Å². The zero-order valence-corrected chi connectivity index (χ0v) is 20.9. The molecule has 0 aromatic carbocycles. The van der Waals surface area contributed by atoms with E-state index in [9.17, 15) is 24.3 Å². The summed E-state index contributed by atoms with van der Waals surface area (Å²) in [6.07, 6.45) is 6.42. The van der Waals surface area contributed by atoms with E-state index in [1.165, 1.54) is 18.9 Å². The van der Waals surface area contributed by atoms with E-state index >= 15 is 0 Å². The maximum absolute atomic E-state index is 13.1. The molecular weight excluding hydrogens is 468 g/mol. The molecule has 0 spiro atoms. The fraction of sp³-hybridized carbons (Fsp3) is 0.565. The van der Waals surface area contributed by atoms with Crippen molar-refractivity contribution in [2.75, 3.05) is 0 Å². The highest BCUT2D eigenvalue weighted by Crippen LogP contribution is 2.10. The van der Waals surface area contributed by atoms with Crippen molar-refractivity contribution in [1.82, 2.24) is 35.9 Å². The zero-order valence-electron chi connectivity index (χ0n) is 20.9. The number of rotatable bonds is 14. The predicted octanol–water partition coefficient (Wildman–Crippen LogP) is -0.514. The number of carbonyl (C=O) groups is 4. The number of hydrogen-bond acceptors (Lipinski definition) is 7. The van der Waals surface area contributed by atoms with Crippen LogP contribution in [0.5, 0.6) is 0 Å². The van der Waals surface area contributed by atoms with Gasteiger partial charge >= 0.3 is 5.97 Å². The van der Waals surface area contributed by atoms with Crippen LogP contribution in [-0.4, -0.2) is 72.9 Å². The number of carboxylic acids is 1. The third kappa shape index (κ3) is 8.80. The molecule has 13 heteroatoms. The molecule has 198 valence electrons. The van der Waals surface area contributed by atoms with Crippen molar-refractivity contribution in [3.63, 3.8) is 0 Å². The van der Waals surface area contributed by atoms with E-state index in [-0.39, 0.29) is 31.1 Å². The van der Waals surface area contributed by atoms with Gasteiger partial charge in [0.25, 0.3) is 0 Å². The van der Waals surface area contributed by atoms with Crippen molar-refractivity contribution in [1.29, 1.82) is 0 Å². The lowest BCUT2D eigenvalue weighted by Gasteiger charge is -2.27. The molecule has 0 fully saturated rings. The molecule has 2 aromatic heterocycles. The van der Waals surface area contributed by atoms with Gasteiger partial charge in [0.15, 0.2) is 0 Å². The Balaban J connectivity index is 2.07. The Morgan fingerprint density at radius 3 is 1.89 bits per heavy atom. The standard InChI is InChI=1S/C23H36N8O5/c1-12(2)5-17(21(33)30-18(23(35)36)7-15-9-26-11-28-15)29-22(34)19(13(3)4)31-20(32)16(24)6-14-8-25-10-27-14/h8-13,16-19H,5-7,24H2,1-4H3,(H,25,27)(H,26,28)(H,29,34)(H,30,33)(H,31,32)(H,35,36). The molecule has 4 unspecified atom stereocenters. The lowest BCUT2D eigenvalue weighted by Crippen LogP contribution is -2.59. The number of nitrogens with one attached hydrogen (secondary N) is 5. The number of aromatic nitrogens is 4. The molecule has 3 amide bonds. The minimum atomic E-state index is -1.22. The number of nitrogens with zero attached hydrogens (tertiary/aromatic N) is 2. The Hall–Kier alpha value is -3.74. The van der Waals surface area contributed by atoms with Crippen LogP contribution in [0.25, 0.3) is 0 Å². The molecule has 36 heavy (non-hydrogen) atoms. The average molecular weight is 505 g/mol. The molecule has 0 aliphatic carbocycles. The Labute approximate surface area is 209 Å². The second-order valence-electron chi connectivity index (χ2n) is 9.49. The van der Waals surface area contributed by atoms with Crippen LogP contribution >= 0.6 is 0 Å². The first-order valence-electron chi connectivity index (χ1n) is 11.8. The van der Waals surface area contributed by atoms with Crippen LogP contribution in [0.1, 0.15) is 45.5 Å². The summed E-state index contributed by atoms with van der Waals surface area (Å²) in [7, 11) is 0. The summed E-state index contributed by atoms with van der Waals surface area (Å²) in [5.74, 6) is -3.21. The minimum absolute atomic E-state index is 0.00230.